The van der Waals surface area contributed by atoms with Crippen LogP contribution >= 0.6 is 39.1 Å². The van der Waals surface area contributed by atoms with Gasteiger partial charge in [-0.3, -0.25) is 0 Å². The Hall–Kier alpha value is -2.14. The number of rotatable bonds is 5. The number of allylic oxidation sites excluding steroid dienone is 2. The van der Waals surface area contributed by atoms with E-state index in [0.29, 0.717) is 40.0 Å². The SMILES string of the molecule is COc1cc([C@@H]2Nc3c(ccc(C)c3C)[C@@H]3C=CC[C@@H]32)cc(Br)c1OCc1ccc(Cl)cc1Cl. The molecule has 1 heterocycles. The molecule has 0 unspecified atom stereocenters. The van der Waals surface area contributed by atoms with Gasteiger partial charge >= 0.3 is 0 Å². The van der Waals surface area contributed by atoms with Crippen LogP contribution in [0, 0.1) is 19.8 Å². The Kier molecular flexibility index (Phi) is 6.58. The van der Waals surface area contributed by atoms with Gasteiger partial charge in [0.2, 0.25) is 0 Å². The predicted octanol–water partition coefficient (Wildman–Crippen LogP) is 8.79. The Morgan fingerprint density at radius 1 is 1.09 bits per heavy atom. The van der Waals surface area contributed by atoms with Gasteiger partial charge in [0.1, 0.15) is 6.61 Å². The van der Waals surface area contributed by atoms with E-state index in [-0.39, 0.29) is 6.04 Å². The summed E-state index contributed by atoms with van der Waals surface area (Å²) in [4.78, 5) is 0. The van der Waals surface area contributed by atoms with Gasteiger partial charge in [-0.05, 0) is 88.6 Å². The smallest absolute Gasteiger partial charge is 0.175 e. The lowest BCUT2D eigenvalue weighted by atomic mass is 9.76. The van der Waals surface area contributed by atoms with E-state index in [2.05, 4.69) is 71.5 Å². The topological polar surface area (TPSA) is 30.5 Å². The largest absolute Gasteiger partial charge is 0.493 e. The number of anilines is 1. The maximum absolute atomic E-state index is 6.33. The Balaban J connectivity index is 1.47. The normalized spacial score (nSPS) is 20.5. The molecule has 1 aliphatic heterocycles. The van der Waals surface area contributed by atoms with Crippen molar-refractivity contribution in [3.8, 4) is 11.5 Å². The van der Waals surface area contributed by atoms with Crippen LogP contribution in [0.1, 0.15) is 46.2 Å². The zero-order valence-corrected chi connectivity index (χ0v) is 22.4. The van der Waals surface area contributed by atoms with Crippen molar-refractivity contribution < 1.29 is 9.47 Å². The average molecular weight is 559 g/mol. The van der Waals surface area contributed by atoms with Crippen molar-refractivity contribution in [3.05, 3.63) is 97.0 Å². The van der Waals surface area contributed by atoms with E-state index in [1.165, 1.54) is 27.9 Å². The fourth-order valence-corrected chi connectivity index (χ4v) is 6.13. The third-order valence-corrected chi connectivity index (χ3v) is 8.24. The minimum atomic E-state index is 0.165. The summed E-state index contributed by atoms with van der Waals surface area (Å²) in [6, 6.07) is 14.3. The number of nitrogens with one attached hydrogen (secondary N) is 1. The van der Waals surface area contributed by atoms with Crippen LogP contribution in [-0.4, -0.2) is 7.11 Å². The number of ether oxygens (including phenoxy) is 2. The van der Waals surface area contributed by atoms with Gasteiger partial charge in [-0.15, -0.1) is 0 Å². The van der Waals surface area contributed by atoms with Gasteiger partial charge in [0.15, 0.2) is 11.5 Å². The van der Waals surface area contributed by atoms with E-state index in [9.17, 15) is 0 Å². The number of hydrogen-bond acceptors (Lipinski definition) is 3. The van der Waals surface area contributed by atoms with Crippen LogP contribution in [0.5, 0.6) is 11.5 Å². The van der Waals surface area contributed by atoms with E-state index in [4.69, 9.17) is 32.7 Å². The molecule has 5 rings (SSSR count). The van der Waals surface area contributed by atoms with Crippen molar-refractivity contribution in [2.45, 2.75) is 38.8 Å². The van der Waals surface area contributed by atoms with Crippen molar-refractivity contribution in [1.82, 2.24) is 0 Å². The van der Waals surface area contributed by atoms with Crippen LogP contribution < -0.4 is 14.8 Å². The highest BCUT2D eigenvalue weighted by molar-refractivity contribution is 9.10. The maximum Gasteiger partial charge on any atom is 0.175 e. The molecule has 3 aromatic carbocycles. The van der Waals surface area contributed by atoms with E-state index in [1.54, 1.807) is 13.2 Å². The number of benzene rings is 3. The molecule has 176 valence electrons. The summed E-state index contributed by atoms with van der Waals surface area (Å²) in [7, 11) is 1.67. The molecule has 6 heteroatoms. The molecule has 3 nitrogen and oxygen atoms in total. The summed E-state index contributed by atoms with van der Waals surface area (Å²) in [6.07, 6.45) is 5.72. The standard InChI is InChI=1S/C28H26BrCl2NO2/c1-15-7-10-22-20-5-4-6-21(20)27(32-26(22)16(15)2)18-11-23(29)28(25(12-18)33-3)34-14-17-8-9-19(30)13-24(17)31/h4-5,7-13,20-21,27,32H,6,14H2,1-3H3/t20-,21+,27+/m1/s1. The first-order chi connectivity index (χ1) is 16.4. The number of halogens is 3. The quantitative estimate of drug-likeness (QED) is 0.317. The second-order valence-corrected chi connectivity index (χ2v) is 10.7. The van der Waals surface area contributed by atoms with Gasteiger partial charge in [0.25, 0.3) is 0 Å². The van der Waals surface area contributed by atoms with Gasteiger partial charge in [0, 0.05) is 27.2 Å². The summed E-state index contributed by atoms with van der Waals surface area (Å²) in [5, 5.41) is 5.05. The van der Waals surface area contributed by atoms with E-state index < -0.39 is 0 Å². The molecule has 0 spiro atoms. The molecule has 0 bridgehead atoms. The highest BCUT2D eigenvalue weighted by Crippen LogP contribution is 2.52. The van der Waals surface area contributed by atoms with Crippen molar-refractivity contribution >= 4 is 44.8 Å². The van der Waals surface area contributed by atoms with E-state index in [1.807, 2.05) is 12.1 Å². The monoisotopic (exact) mass is 557 g/mol. The van der Waals surface area contributed by atoms with Gasteiger partial charge in [-0.25, -0.2) is 0 Å². The Morgan fingerprint density at radius 2 is 1.91 bits per heavy atom. The van der Waals surface area contributed by atoms with Crippen LogP contribution in [0.25, 0.3) is 0 Å². The minimum absolute atomic E-state index is 0.165. The first kappa shape index (κ1) is 23.6. The summed E-state index contributed by atoms with van der Waals surface area (Å²) in [5.41, 5.74) is 7.29. The van der Waals surface area contributed by atoms with Gasteiger partial charge < -0.3 is 14.8 Å². The lowest BCUT2D eigenvalue weighted by Crippen LogP contribution is -2.29. The van der Waals surface area contributed by atoms with Crippen LogP contribution in [0.4, 0.5) is 5.69 Å². The lowest BCUT2D eigenvalue weighted by Gasteiger charge is -2.39. The Labute approximate surface area is 219 Å². The first-order valence-electron chi connectivity index (χ1n) is 11.3. The zero-order chi connectivity index (χ0) is 24.0. The molecule has 3 aromatic rings. The molecule has 0 radical (unpaired) electrons. The number of methoxy groups -OCH3 is 1. The Bertz CT molecular complexity index is 1290. The fourth-order valence-electron chi connectivity index (χ4n) is 5.10. The van der Waals surface area contributed by atoms with Crippen LogP contribution in [-0.2, 0) is 6.61 Å². The van der Waals surface area contributed by atoms with E-state index in [0.717, 1.165) is 16.5 Å². The van der Waals surface area contributed by atoms with Crippen LogP contribution in [0.3, 0.4) is 0 Å². The zero-order valence-electron chi connectivity index (χ0n) is 19.3. The van der Waals surface area contributed by atoms with Crippen molar-refractivity contribution in [1.29, 1.82) is 0 Å². The molecule has 0 fully saturated rings. The number of aryl methyl sites for hydroxylation is 1. The van der Waals surface area contributed by atoms with Crippen molar-refractivity contribution in [2.24, 2.45) is 5.92 Å². The molecule has 1 aliphatic carbocycles. The molecule has 0 saturated heterocycles. The summed E-state index contributed by atoms with van der Waals surface area (Å²) >= 11 is 16.1. The molecule has 0 amide bonds. The van der Waals surface area contributed by atoms with Crippen LogP contribution in [0.15, 0.2) is 59.1 Å². The molecular weight excluding hydrogens is 533 g/mol. The predicted molar refractivity (Wildman–Crippen MR) is 144 cm³/mol. The number of hydrogen-bond donors (Lipinski definition) is 1. The number of fused-ring (bicyclic) bond motifs is 3. The summed E-state index contributed by atoms with van der Waals surface area (Å²) in [6.45, 7) is 4.68. The third kappa shape index (κ3) is 4.21. The maximum atomic E-state index is 6.33. The fraction of sp³-hybridized carbons (Fsp3) is 0.286. The lowest BCUT2D eigenvalue weighted by molar-refractivity contribution is 0.282. The molecular formula is C28H26BrCl2NO2. The molecule has 34 heavy (non-hydrogen) atoms. The molecule has 0 aromatic heterocycles. The van der Waals surface area contributed by atoms with Crippen LogP contribution in [0.2, 0.25) is 10.0 Å². The van der Waals surface area contributed by atoms with E-state index >= 15 is 0 Å². The minimum Gasteiger partial charge on any atom is -0.493 e. The van der Waals surface area contributed by atoms with Crippen molar-refractivity contribution in [2.75, 3.05) is 12.4 Å². The third-order valence-electron chi connectivity index (χ3n) is 7.07. The summed E-state index contributed by atoms with van der Waals surface area (Å²) < 4.78 is 12.8. The highest BCUT2D eigenvalue weighted by atomic mass is 79.9. The van der Waals surface area contributed by atoms with Gasteiger partial charge in [0.05, 0.1) is 17.6 Å². The Morgan fingerprint density at radius 3 is 2.68 bits per heavy atom. The van der Waals surface area contributed by atoms with Gasteiger partial charge in [-0.1, -0.05) is 53.6 Å². The average Bonchev–Trinajstić information content (AvgIpc) is 3.31. The summed E-state index contributed by atoms with van der Waals surface area (Å²) in [5.74, 6) is 2.20. The molecule has 3 atom stereocenters. The first-order valence-corrected chi connectivity index (χ1v) is 12.9. The molecule has 2 aliphatic rings. The van der Waals surface area contributed by atoms with Crippen molar-refractivity contribution in [3.63, 3.8) is 0 Å². The second-order valence-electron chi connectivity index (χ2n) is 9.01. The highest BCUT2D eigenvalue weighted by Gasteiger charge is 2.39. The molecule has 0 saturated carbocycles. The second kappa shape index (κ2) is 9.49. The van der Waals surface area contributed by atoms with Gasteiger partial charge in [-0.2, -0.15) is 0 Å². The molecule has 1 N–H and O–H groups in total.